The van der Waals surface area contributed by atoms with Gasteiger partial charge in [-0.2, -0.15) is 5.10 Å². The molecule has 0 aromatic carbocycles. The summed E-state index contributed by atoms with van der Waals surface area (Å²) in [5.74, 6) is -0.215. The van der Waals surface area contributed by atoms with Crippen LogP contribution in [0.2, 0.25) is 0 Å². The molecule has 0 radical (unpaired) electrons. The van der Waals surface area contributed by atoms with Gasteiger partial charge in [-0.25, -0.2) is 0 Å². The number of aromatic nitrogens is 2. The minimum absolute atomic E-state index is 0.215. The smallest absolute Gasteiger partial charge is 0.319 e. The van der Waals surface area contributed by atoms with E-state index in [9.17, 15) is 4.79 Å². The van der Waals surface area contributed by atoms with Crippen LogP contribution in [0.1, 0.15) is 6.92 Å². The highest BCUT2D eigenvalue weighted by Gasteiger charge is 1.99. The second kappa shape index (κ2) is 6.15. The molecular formula is C9H15N3O2. The Morgan fingerprint density at radius 3 is 3.14 bits per heavy atom. The van der Waals surface area contributed by atoms with Crippen molar-refractivity contribution >= 4 is 5.97 Å². The number of hydrogen-bond donors (Lipinski definition) is 1. The highest BCUT2D eigenvalue weighted by molar-refractivity contribution is 5.71. The summed E-state index contributed by atoms with van der Waals surface area (Å²) in [5.41, 5.74) is 0. The van der Waals surface area contributed by atoms with Crippen LogP contribution in [0.25, 0.3) is 0 Å². The SMILES string of the molecule is CCOC(=O)CNCCn1cccn1. The van der Waals surface area contributed by atoms with Crippen LogP contribution in [0, 0.1) is 0 Å². The Morgan fingerprint density at radius 1 is 1.64 bits per heavy atom. The van der Waals surface area contributed by atoms with Crippen LogP contribution >= 0.6 is 0 Å². The van der Waals surface area contributed by atoms with Crippen molar-refractivity contribution in [2.24, 2.45) is 0 Å². The van der Waals surface area contributed by atoms with Crippen LogP contribution in [-0.2, 0) is 16.1 Å². The van der Waals surface area contributed by atoms with E-state index in [0.717, 1.165) is 6.54 Å². The Labute approximate surface area is 83.1 Å². The number of hydrogen-bond acceptors (Lipinski definition) is 4. The molecule has 14 heavy (non-hydrogen) atoms. The van der Waals surface area contributed by atoms with E-state index >= 15 is 0 Å². The van der Waals surface area contributed by atoms with Gasteiger partial charge in [-0.3, -0.25) is 9.48 Å². The molecule has 0 saturated carbocycles. The number of esters is 1. The van der Waals surface area contributed by atoms with E-state index in [4.69, 9.17) is 4.74 Å². The van der Waals surface area contributed by atoms with Gasteiger partial charge in [0.1, 0.15) is 0 Å². The Hall–Kier alpha value is -1.36. The topological polar surface area (TPSA) is 56.1 Å². The molecule has 0 aliphatic heterocycles. The predicted molar refractivity (Wildman–Crippen MR) is 51.7 cm³/mol. The first-order chi connectivity index (χ1) is 6.83. The molecule has 1 aromatic heterocycles. The van der Waals surface area contributed by atoms with Crippen LogP contribution in [0.5, 0.6) is 0 Å². The molecule has 1 heterocycles. The highest BCUT2D eigenvalue weighted by atomic mass is 16.5. The molecule has 78 valence electrons. The second-order valence-corrected chi connectivity index (χ2v) is 2.75. The molecule has 0 aliphatic rings. The summed E-state index contributed by atoms with van der Waals surface area (Å²) in [6.07, 6.45) is 3.61. The van der Waals surface area contributed by atoms with Gasteiger partial charge in [-0.05, 0) is 13.0 Å². The molecule has 5 heteroatoms. The Bertz CT molecular complexity index is 259. The molecular weight excluding hydrogens is 182 g/mol. The van der Waals surface area contributed by atoms with E-state index in [1.165, 1.54) is 0 Å². The lowest BCUT2D eigenvalue weighted by Gasteiger charge is -2.04. The van der Waals surface area contributed by atoms with E-state index in [0.29, 0.717) is 13.2 Å². The lowest BCUT2D eigenvalue weighted by molar-refractivity contribution is -0.141. The molecule has 0 atom stereocenters. The normalized spacial score (nSPS) is 10.1. The number of nitrogens with zero attached hydrogens (tertiary/aromatic N) is 2. The molecule has 0 unspecified atom stereocenters. The molecule has 0 aliphatic carbocycles. The van der Waals surface area contributed by atoms with Crippen molar-refractivity contribution in [3.8, 4) is 0 Å². The van der Waals surface area contributed by atoms with Crippen molar-refractivity contribution < 1.29 is 9.53 Å². The summed E-state index contributed by atoms with van der Waals surface area (Å²) in [6.45, 7) is 3.95. The van der Waals surface area contributed by atoms with Crippen molar-refractivity contribution in [1.82, 2.24) is 15.1 Å². The van der Waals surface area contributed by atoms with Crippen molar-refractivity contribution in [1.29, 1.82) is 0 Å². The minimum atomic E-state index is -0.215. The van der Waals surface area contributed by atoms with Crippen LogP contribution in [-0.4, -0.2) is 35.4 Å². The monoisotopic (exact) mass is 197 g/mol. The van der Waals surface area contributed by atoms with E-state index in [1.54, 1.807) is 17.8 Å². The first-order valence-electron chi connectivity index (χ1n) is 4.66. The lowest BCUT2D eigenvalue weighted by Crippen LogP contribution is -2.27. The fourth-order valence-corrected chi connectivity index (χ4v) is 1.03. The summed E-state index contributed by atoms with van der Waals surface area (Å²) in [6, 6.07) is 1.87. The van der Waals surface area contributed by atoms with Gasteiger partial charge in [0.05, 0.1) is 19.7 Å². The molecule has 0 amide bonds. The highest BCUT2D eigenvalue weighted by Crippen LogP contribution is 1.82. The van der Waals surface area contributed by atoms with Crippen molar-refractivity contribution in [3.63, 3.8) is 0 Å². The van der Waals surface area contributed by atoms with Gasteiger partial charge in [0.2, 0.25) is 0 Å². The summed E-state index contributed by atoms with van der Waals surface area (Å²) >= 11 is 0. The first kappa shape index (κ1) is 10.7. The molecule has 1 aromatic rings. The van der Waals surface area contributed by atoms with Crippen LogP contribution in [0.15, 0.2) is 18.5 Å². The lowest BCUT2D eigenvalue weighted by atomic mass is 10.5. The van der Waals surface area contributed by atoms with Gasteiger partial charge in [0.15, 0.2) is 0 Å². The average Bonchev–Trinajstić information content (AvgIpc) is 2.65. The molecule has 0 bridgehead atoms. The standard InChI is InChI=1S/C9H15N3O2/c1-2-14-9(13)8-10-5-7-12-6-3-4-11-12/h3-4,6,10H,2,5,7-8H2,1H3. The Kier molecular flexibility index (Phi) is 4.71. The molecule has 0 spiro atoms. The summed E-state index contributed by atoms with van der Waals surface area (Å²) in [4.78, 5) is 10.9. The quantitative estimate of drug-likeness (QED) is 0.516. The number of rotatable bonds is 6. The average molecular weight is 197 g/mol. The summed E-state index contributed by atoms with van der Waals surface area (Å²) in [5, 5.41) is 7.00. The van der Waals surface area contributed by atoms with Crippen molar-refractivity contribution in [2.75, 3.05) is 19.7 Å². The van der Waals surface area contributed by atoms with Crippen LogP contribution in [0.3, 0.4) is 0 Å². The zero-order chi connectivity index (χ0) is 10.2. The minimum Gasteiger partial charge on any atom is -0.465 e. The maximum Gasteiger partial charge on any atom is 0.319 e. The Balaban J connectivity index is 2.02. The van der Waals surface area contributed by atoms with Crippen molar-refractivity contribution in [3.05, 3.63) is 18.5 Å². The van der Waals surface area contributed by atoms with Gasteiger partial charge in [0.25, 0.3) is 0 Å². The third kappa shape index (κ3) is 4.04. The van der Waals surface area contributed by atoms with Crippen molar-refractivity contribution in [2.45, 2.75) is 13.5 Å². The number of ether oxygens (including phenoxy) is 1. The molecule has 5 nitrogen and oxygen atoms in total. The third-order valence-electron chi connectivity index (χ3n) is 1.65. The zero-order valence-corrected chi connectivity index (χ0v) is 8.27. The maximum absolute atomic E-state index is 10.9. The fourth-order valence-electron chi connectivity index (χ4n) is 1.03. The van der Waals surface area contributed by atoms with E-state index in [1.807, 2.05) is 12.3 Å². The first-order valence-corrected chi connectivity index (χ1v) is 4.66. The van der Waals surface area contributed by atoms with Gasteiger partial charge in [0, 0.05) is 18.9 Å². The van der Waals surface area contributed by atoms with Gasteiger partial charge < -0.3 is 10.1 Å². The molecule has 1 N–H and O–H groups in total. The number of carbonyl (C=O) groups is 1. The van der Waals surface area contributed by atoms with E-state index in [2.05, 4.69) is 10.4 Å². The van der Waals surface area contributed by atoms with E-state index < -0.39 is 0 Å². The fraction of sp³-hybridized carbons (Fsp3) is 0.556. The number of carbonyl (C=O) groups excluding carboxylic acids is 1. The zero-order valence-electron chi connectivity index (χ0n) is 8.27. The second-order valence-electron chi connectivity index (χ2n) is 2.75. The molecule has 1 rings (SSSR count). The Morgan fingerprint density at radius 2 is 2.50 bits per heavy atom. The largest absolute Gasteiger partial charge is 0.465 e. The third-order valence-corrected chi connectivity index (χ3v) is 1.65. The van der Waals surface area contributed by atoms with Crippen LogP contribution < -0.4 is 5.32 Å². The maximum atomic E-state index is 10.9. The summed E-state index contributed by atoms with van der Waals surface area (Å²) < 4.78 is 6.56. The molecule has 0 fully saturated rings. The molecule has 0 saturated heterocycles. The van der Waals surface area contributed by atoms with Gasteiger partial charge in [-0.15, -0.1) is 0 Å². The summed E-state index contributed by atoms with van der Waals surface area (Å²) in [7, 11) is 0. The predicted octanol–water partition coefficient (Wildman–Crippen LogP) is 0.0358. The van der Waals surface area contributed by atoms with Gasteiger partial charge in [-0.1, -0.05) is 0 Å². The van der Waals surface area contributed by atoms with Gasteiger partial charge >= 0.3 is 5.97 Å². The van der Waals surface area contributed by atoms with Crippen LogP contribution in [0.4, 0.5) is 0 Å². The number of nitrogens with one attached hydrogen (secondary N) is 1. The van der Waals surface area contributed by atoms with E-state index in [-0.39, 0.29) is 12.5 Å².